The van der Waals surface area contributed by atoms with E-state index >= 15 is 0 Å². The fourth-order valence-corrected chi connectivity index (χ4v) is 3.32. The monoisotopic (exact) mass is 372 g/mol. The number of benzene rings is 2. The van der Waals surface area contributed by atoms with E-state index in [1.807, 2.05) is 35.2 Å². The van der Waals surface area contributed by atoms with Gasteiger partial charge in [-0.1, -0.05) is 18.2 Å². The second-order valence-corrected chi connectivity index (χ2v) is 6.82. The number of anilines is 1. The molecule has 2 aromatic carbocycles. The fraction of sp³-hybridized carbons (Fsp3) is 0.333. The molecular formula is C21H22F2N2O2. The lowest BCUT2D eigenvalue weighted by molar-refractivity contribution is -0.116. The molecule has 1 heterocycles. The third-order valence-electron chi connectivity index (χ3n) is 4.91. The van der Waals surface area contributed by atoms with Crippen molar-refractivity contribution in [1.29, 1.82) is 0 Å². The van der Waals surface area contributed by atoms with Gasteiger partial charge in [-0.15, -0.1) is 0 Å². The van der Waals surface area contributed by atoms with Crippen molar-refractivity contribution in [3.05, 3.63) is 65.7 Å². The number of likely N-dealkylation sites (tertiary alicyclic amines) is 1. The van der Waals surface area contributed by atoms with Gasteiger partial charge in [0, 0.05) is 36.8 Å². The Hall–Kier alpha value is -2.76. The summed E-state index contributed by atoms with van der Waals surface area (Å²) in [6.07, 6.45) is 2.74. The molecule has 0 saturated carbocycles. The number of hydrogen-bond donors (Lipinski definition) is 1. The third kappa shape index (κ3) is 5.12. The predicted octanol–water partition coefficient (Wildman–Crippen LogP) is 4.24. The van der Waals surface area contributed by atoms with Crippen LogP contribution in [-0.2, 0) is 4.79 Å². The summed E-state index contributed by atoms with van der Waals surface area (Å²) in [7, 11) is 0. The largest absolute Gasteiger partial charge is 0.339 e. The Morgan fingerprint density at radius 1 is 1.00 bits per heavy atom. The van der Waals surface area contributed by atoms with Crippen LogP contribution >= 0.6 is 0 Å². The van der Waals surface area contributed by atoms with E-state index in [2.05, 4.69) is 5.32 Å². The van der Waals surface area contributed by atoms with Gasteiger partial charge in [0.05, 0.1) is 0 Å². The smallest absolute Gasteiger partial charge is 0.253 e. The number of halogens is 2. The Labute approximate surface area is 157 Å². The zero-order valence-electron chi connectivity index (χ0n) is 15.0. The van der Waals surface area contributed by atoms with Crippen LogP contribution in [0.3, 0.4) is 0 Å². The van der Waals surface area contributed by atoms with Crippen LogP contribution in [0.4, 0.5) is 14.5 Å². The maximum absolute atomic E-state index is 13.2. The summed E-state index contributed by atoms with van der Waals surface area (Å²) < 4.78 is 26.1. The summed E-state index contributed by atoms with van der Waals surface area (Å²) in [4.78, 5) is 26.3. The number of amides is 2. The second-order valence-electron chi connectivity index (χ2n) is 6.82. The highest BCUT2D eigenvalue weighted by Gasteiger charge is 2.23. The predicted molar refractivity (Wildman–Crippen MR) is 99.3 cm³/mol. The molecule has 0 radical (unpaired) electrons. The molecule has 0 aliphatic carbocycles. The van der Waals surface area contributed by atoms with Crippen LogP contribution in [0.5, 0.6) is 0 Å². The molecule has 27 heavy (non-hydrogen) atoms. The van der Waals surface area contributed by atoms with Gasteiger partial charge in [-0.2, -0.15) is 0 Å². The quantitative estimate of drug-likeness (QED) is 0.854. The van der Waals surface area contributed by atoms with Crippen LogP contribution < -0.4 is 5.32 Å². The van der Waals surface area contributed by atoms with Crippen molar-refractivity contribution in [2.24, 2.45) is 5.92 Å². The fourth-order valence-electron chi connectivity index (χ4n) is 3.32. The van der Waals surface area contributed by atoms with Crippen molar-refractivity contribution in [2.45, 2.75) is 25.7 Å². The van der Waals surface area contributed by atoms with Crippen molar-refractivity contribution < 1.29 is 18.4 Å². The van der Waals surface area contributed by atoms with Crippen molar-refractivity contribution in [3.8, 4) is 0 Å². The first kappa shape index (κ1) is 19.0. The van der Waals surface area contributed by atoms with E-state index in [4.69, 9.17) is 0 Å². The van der Waals surface area contributed by atoms with E-state index in [1.165, 1.54) is 6.07 Å². The Balaban J connectivity index is 1.42. The van der Waals surface area contributed by atoms with Crippen molar-refractivity contribution >= 4 is 17.5 Å². The number of nitrogens with one attached hydrogen (secondary N) is 1. The van der Waals surface area contributed by atoms with E-state index in [1.54, 1.807) is 0 Å². The Kier molecular flexibility index (Phi) is 6.16. The minimum atomic E-state index is -0.983. The Morgan fingerprint density at radius 2 is 1.70 bits per heavy atom. The van der Waals surface area contributed by atoms with Gasteiger partial charge in [0.15, 0.2) is 11.6 Å². The molecule has 1 N–H and O–H groups in total. The number of rotatable bonds is 5. The molecule has 0 spiro atoms. The molecule has 0 aromatic heterocycles. The van der Waals surface area contributed by atoms with Gasteiger partial charge in [-0.05, 0) is 49.4 Å². The molecule has 6 heteroatoms. The van der Waals surface area contributed by atoms with E-state index in [0.29, 0.717) is 37.4 Å². The van der Waals surface area contributed by atoms with Crippen LogP contribution in [0, 0.1) is 17.6 Å². The number of piperidine rings is 1. The standard InChI is InChI=1S/C21H22F2N2O2/c22-18-8-7-17(14-19(18)23)24-20(26)9-6-15-10-12-25(13-11-15)21(27)16-4-2-1-3-5-16/h1-5,7-8,14-15H,6,9-13H2,(H,24,26). The lowest BCUT2D eigenvalue weighted by atomic mass is 9.91. The number of carbonyl (C=O) groups is 2. The summed E-state index contributed by atoms with van der Waals surface area (Å²) in [6.45, 7) is 1.37. The first-order valence-corrected chi connectivity index (χ1v) is 9.12. The average molecular weight is 372 g/mol. The first-order valence-electron chi connectivity index (χ1n) is 9.12. The number of nitrogens with zero attached hydrogens (tertiary/aromatic N) is 1. The Bertz CT molecular complexity index is 803. The van der Waals surface area contributed by atoms with E-state index in [0.717, 1.165) is 25.0 Å². The maximum atomic E-state index is 13.2. The zero-order chi connectivity index (χ0) is 19.2. The molecule has 4 nitrogen and oxygen atoms in total. The van der Waals surface area contributed by atoms with Crippen molar-refractivity contribution in [3.63, 3.8) is 0 Å². The van der Waals surface area contributed by atoms with Crippen molar-refractivity contribution in [1.82, 2.24) is 4.90 Å². The van der Waals surface area contributed by atoms with Crippen LogP contribution in [0.1, 0.15) is 36.0 Å². The second kappa shape index (κ2) is 8.75. The topological polar surface area (TPSA) is 49.4 Å². The van der Waals surface area contributed by atoms with Gasteiger partial charge >= 0.3 is 0 Å². The molecule has 1 aliphatic rings. The normalized spacial score (nSPS) is 14.8. The van der Waals surface area contributed by atoms with Crippen LogP contribution in [0.2, 0.25) is 0 Å². The van der Waals surface area contributed by atoms with Gasteiger partial charge in [0.1, 0.15) is 0 Å². The van der Waals surface area contributed by atoms with Gasteiger partial charge in [-0.25, -0.2) is 8.78 Å². The van der Waals surface area contributed by atoms with Gasteiger partial charge in [0.2, 0.25) is 5.91 Å². The number of hydrogen-bond acceptors (Lipinski definition) is 2. The van der Waals surface area contributed by atoms with E-state index in [9.17, 15) is 18.4 Å². The lowest BCUT2D eigenvalue weighted by Gasteiger charge is -2.32. The van der Waals surface area contributed by atoms with Gasteiger partial charge < -0.3 is 10.2 Å². The minimum absolute atomic E-state index is 0.0464. The zero-order valence-corrected chi connectivity index (χ0v) is 15.0. The molecule has 2 amide bonds. The SMILES string of the molecule is O=C(CCC1CCN(C(=O)c2ccccc2)CC1)Nc1ccc(F)c(F)c1. The molecule has 1 aliphatic heterocycles. The molecule has 0 bridgehead atoms. The van der Waals surface area contributed by atoms with Crippen molar-refractivity contribution in [2.75, 3.05) is 18.4 Å². The van der Waals surface area contributed by atoms with E-state index in [-0.39, 0.29) is 17.5 Å². The summed E-state index contributed by atoms with van der Waals surface area (Å²) in [5.41, 5.74) is 0.948. The third-order valence-corrected chi connectivity index (χ3v) is 4.91. The summed E-state index contributed by atoms with van der Waals surface area (Å²) in [6, 6.07) is 12.5. The van der Waals surface area contributed by atoms with Gasteiger partial charge in [0.25, 0.3) is 5.91 Å². The highest BCUT2D eigenvalue weighted by atomic mass is 19.2. The average Bonchev–Trinajstić information content (AvgIpc) is 2.70. The highest BCUT2D eigenvalue weighted by Crippen LogP contribution is 2.23. The van der Waals surface area contributed by atoms with E-state index < -0.39 is 11.6 Å². The molecule has 0 atom stereocenters. The molecule has 1 saturated heterocycles. The van der Waals surface area contributed by atoms with Gasteiger partial charge in [-0.3, -0.25) is 9.59 Å². The van der Waals surface area contributed by atoms with Crippen LogP contribution in [0.25, 0.3) is 0 Å². The molecule has 0 unspecified atom stereocenters. The summed E-state index contributed by atoms with van der Waals surface area (Å²) in [5, 5.41) is 2.59. The summed E-state index contributed by atoms with van der Waals surface area (Å²) in [5.74, 6) is -1.72. The van der Waals surface area contributed by atoms with Crippen LogP contribution in [-0.4, -0.2) is 29.8 Å². The number of carbonyl (C=O) groups excluding carboxylic acids is 2. The Morgan fingerprint density at radius 3 is 2.37 bits per heavy atom. The summed E-state index contributed by atoms with van der Waals surface area (Å²) >= 11 is 0. The molecule has 142 valence electrons. The molecule has 1 fully saturated rings. The molecular weight excluding hydrogens is 350 g/mol. The minimum Gasteiger partial charge on any atom is -0.339 e. The highest BCUT2D eigenvalue weighted by molar-refractivity contribution is 5.94. The maximum Gasteiger partial charge on any atom is 0.253 e. The molecule has 3 rings (SSSR count). The lowest BCUT2D eigenvalue weighted by Crippen LogP contribution is -2.38. The first-order chi connectivity index (χ1) is 13.0. The van der Waals surface area contributed by atoms with Crippen LogP contribution in [0.15, 0.2) is 48.5 Å². The molecule has 2 aromatic rings.